The van der Waals surface area contributed by atoms with Gasteiger partial charge in [0.25, 0.3) is 0 Å². The molecule has 1 aromatic carbocycles. The van der Waals surface area contributed by atoms with Gasteiger partial charge in [0.2, 0.25) is 10.0 Å². The Balaban J connectivity index is 2.63. The highest BCUT2D eigenvalue weighted by molar-refractivity contribution is 7.92. The lowest BCUT2D eigenvalue weighted by Crippen LogP contribution is -2.17. The fourth-order valence-corrected chi connectivity index (χ4v) is 2.56. The second-order valence-electron chi connectivity index (χ2n) is 3.67. The van der Waals surface area contributed by atoms with Crippen molar-refractivity contribution in [2.45, 2.75) is 19.8 Å². The normalized spacial score (nSPS) is 11.4. The fourth-order valence-electron chi connectivity index (χ4n) is 1.31. The van der Waals surface area contributed by atoms with Gasteiger partial charge in [0, 0.05) is 6.61 Å². The summed E-state index contributed by atoms with van der Waals surface area (Å²) in [4.78, 5) is 0. The van der Waals surface area contributed by atoms with E-state index in [-0.39, 0.29) is 12.4 Å². The highest BCUT2D eigenvalue weighted by Crippen LogP contribution is 2.15. The zero-order valence-electron chi connectivity index (χ0n) is 9.31. The molecule has 90 valence electrons. The highest BCUT2D eigenvalue weighted by Gasteiger charge is 2.10. The first-order valence-corrected chi connectivity index (χ1v) is 6.87. The molecule has 1 aromatic rings. The molecule has 1 rings (SSSR count). The Hall–Kier alpha value is -1.07. The molecule has 0 aromatic heterocycles. The van der Waals surface area contributed by atoms with Gasteiger partial charge in [-0.2, -0.15) is 0 Å². The molecule has 0 aliphatic heterocycles. The van der Waals surface area contributed by atoms with Crippen LogP contribution in [0.15, 0.2) is 24.3 Å². The van der Waals surface area contributed by atoms with Gasteiger partial charge in [0.05, 0.1) is 11.4 Å². The van der Waals surface area contributed by atoms with Crippen molar-refractivity contribution in [2.75, 3.05) is 17.1 Å². The van der Waals surface area contributed by atoms with E-state index in [4.69, 9.17) is 5.11 Å². The molecule has 0 atom stereocenters. The molecule has 0 saturated heterocycles. The lowest BCUT2D eigenvalue weighted by atomic mass is 10.2. The van der Waals surface area contributed by atoms with Crippen molar-refractivity contribution < 1.29 is 13.5 Å². The molecule has 0 bridgehead atoms. The Kier molecular flexibility index (Phi) is 4.76. The summed E-state index contributed by atoms with van der Waals surface area (Å²) >= 11 is 0. The number of anilines is 1. The molecule has 0 saturated carbocycles. The van der Waals surface area contributed by atoms with E-state index < -0.39 is 10.0 Å². The minimum atomic E-state index is -3.29. The molecule has 0 spiro atoms. The number of sulfonamides is 1. The van der Waals surface area contributed by atoms with Crippen LogP contribution >= 0.6 is 0 Å². The van der Waals surface area contributed by atoms with Crippen LogP contribution in [0.3, 0.4) is 0 Å². The van der Waals surface area contributed by atoms with Crippen LogP contribution in [-0.2, 0) is 10.0 Å². The summed E-state index contributed by atoms with van der Waals surface area (Å²) in [6, 6.07) is 7.24. The minimum Gasteiger partial charge on any atom is -0.396 e. The average Bonchev–Trinajstić information content (AvgIpc) is 2.21. The predicted octanol–water partition coefficient (Wildman–Crippen LogP) is 1.51. The maximum absolute atomic E-state index is 11.6. The number of hydrogen-bond acceptors (Lipinski definition) is 3. The summed E-state index contributed by atoms with van der Waals surface area (Å²) < 4.78 is 25.8. The van der Waals surface area contributed by atoms with Gasteiger partial charge in [-0.3, -0.25) is 4.72 Å². The van der Waals surface area contributed by atoms with E-state index in [1.54, 1.807) is 12.1 Å². The summed E-state index contributed by atoms with van der Waals surface area (Å²) in [5.74, 6) is 0.0435. The molecule has 0 aliphatic rings. The van der Waals surface area contributed by atoms with E-state index in [2.05, 4.69) is 4.72 Å². The number of hydrogen-bond donors (Lipinski definition) is 2. The van der Waals surface area contributed by atoms with E-state index in [1.165, 1.54) is 0 Å². The Labute approximate surface area is 96.4 Å². The Bertz CT molecular complexity index is 429. The van der Waals surface area contributed by atoms with Crippen LogP contribution in [0.25, 0.3) is 0 Å². The van der Waals surface area contributed by atoms with Gasteiger partial charge in [0.1, 0.15) is 0 Å². The number of unbranched alkanes of at least 4 members (excludes halogenated alkanes) is 1. The average molecular weight is 243 g/mol. The van der Waals surface area contributed by atoms with Crippen molar-refractivity contribution in [3.8, 4) is 0 Å². The predicted molar refractivity (Wildman–Crippen MR) is 64.9 cm³/mol. The monoisotopic (exact) mass is 243 g/mol. The van der Waals surface area contributed by atoms with Gasteiger partial charge < -0.3 is 5.11 Å². The van der Waals surface area contributed by atoms with Crippen molar-refractivity contribution in [1.82, 2.24) is 0 Å². The number of aliphatic hydroxyl groups excluding tert-OH is 1. The summed E-state index contributed by atoms with van der Waals surface area (Å²) in [5, 5.41) is 8.58. The number of para-hydroxylation sites is 1. The molecular weight excluding hydrogens is 226 g/mol. The zero-order chi connectivity index (χ0) is 12.0. The number of aliphatic hydroxyl groups is 1. The van der Waals surface area contributed by atoms with Crippen LogP contribution in [0.1, 0.15) is 18.4 Å². The first-order chi connectivity index (χ1) is 7.55. The van der Waals surface area contributed by atoms with E-state index in [1.807, 2.05) is 19.1 Å². The smallest absolute Gasteiger partial charge is 0.232 e. The van der Waals surface area contributed by atoms with Crippen LogP contribution in [0.4, 0.5) is 5.69 Å². The summed E-state index contributed by atoms with van der Waals surface area (Å²) in [6.07, 6.45) is 0.979. The second kappa shape index (κ2) is 5.86. The molecule has 0 amide bonds. The molecule has 0 radical (unpaired) electrons. The number of nitrogens with one attached hydrogen (secondary N) is 1. The van der Waals surface area contributed by atoms with Gasteiger partial charge in [0.15, 0.2) is 0 Å². The molecule has 4 nitrogen and oxygen atoms in total. The van der Waals surface area contributed by atoms with Crippen LogP contribution in [0, 0.1) is 6.92 Å². The van der Waals surface area contributed by atoms with Crippen LogP contribution in [0.5, 0.6) is 0 Å². The van der Waals surface area contributed by atoms with E-state index in [9.17, 15) is 8.42 Å². The van der Waals surface area contributed by atoms with Gasteiger partial charge >= 0.3 is 0 Å². The van der Waals surface area contributed by atoms with Crippen LogP contribution < -0.4 is 4.72 Å². The zero-order valence-corrected chi connectivity index (χ0v) is 10.1. The number of benzene rings is 1. The minimum absolute atomic E-state index is 0.0277. The lowest BCUT2D eigenvalue weighted by molar-refractivity contribution is 0.287. The van der Waals surface area contributed by atoms with Gasteiger partial charge in [-0.1, -0.05) is 18.2 Å². The van der Waals surface area contributed by atoms with Gasteiger partial charge in [-0.15, -0.1) is 0 Å². The van der Waals surface area contributed by atoms with Crippen molar-refractivity contribution >= 4 is 15.7 Å². The molecule has 0 unspecified atom stereocenters. The third-order valence-corrected chi connectivity index (χ3v) is 3.59. The maximum atomic E-state index is 11.6. The third-order valence-electron chi connectivity index (χ3n) is 2.23. The summed E-state index contributed by atoms with van der Waals surface area (Å²) in [6.45, 7) is 1.88. The van der Waals surface area contributed by atoms with Crippen molar-refractivity contribution in [3.63, 3.8) is 0 Å². The third kappa shape index (κ3) is 4.20. The van der Waals surface area contributed by atoms with E-state index >= 15 is 0 Å². The first-order valence-electron chi connectivity index (χ1n) is 5.22. The first kappa shape index (κ1) is 13.0. The van der Waals surface area contributed by atoms with Gasteiger partial charge in [-0.05, 0) is 31.4 Å². The SMILES string of the molecule is Cc1ccccc1NS(=O)(=O)CCCCO. The van der Waals surface area contributed by atoms with Crippen LogP contribution in [-0.4, -0.2) is 25.9 Å². The molecule has 0 fully saturated rings. The molecular formula is C11H17NO3S. The number of aryl methyl sites for hydroxylation is 1. The largest absolute Gasteiger partial charge is 0.396 e. The van der Waals surface area contributed by atoms with Crippen molar-refractivity contribution in [3.05, 3.63) is 29.8 Å². The highest BCUT2D eigenvalue weighted by atomic mass is 32.2. The fraction of sp³-hybridized carbons (Fsp3) is 0.455. The standard InChI is InChI=1S/C11H17NO3S/c1-10-6-2-3-7-11(10)12-16(14,15)9-5-4-8-13/h2-3,6-7,12-13H,4-5,8-9H2,1H3. The Morgan fingerprint density at radius 1 is 1.25 bits per heavy atom. The van der Waals surface area contributed by atoms with Crippen molar-refractivity contribution in [2.24, 2.45) is 0 Å². The molecule has 16 heavy (non-hydrogen) atoms. The molecule has 2 N–H and O–H groups in total. The lowest BCUT2D eigenvalue weighted by Gasteiger charge is -2.09. The Morgan fingerprint density at radius 2 is 1.94 bits per heavy atom. The Morgan fingerprint density at radius 3 is 2.56 bits per heavy atom. The van der Waals surface area contributed by atoms with Gasteiger partial charge in [-0.25, -0.2) is 8.42 Å². The number of rotatable bonds is 6. The van der Waals surface area contributed by atoms with E-state index in [0.717, 1.165) is 5.56 Å². The topological polar surface area (TPSA) is 66.4 Å². The molecule has 0 heterocycles. The molecule has 5 heteroatoms. The second-order valence-corrected chi connectivity index (χ2v) is 5.51. The van der Waals surface area contributed by atoms with E-state index in [0.29, 0.717) is 18.5 Å². The summed E-state index contributed by atoms with van der Waals surface area (Å²) in [7, 11) is -3.29. The summed E-state index contributed by atoms with van der Waals surface area (Å²) in [5.41, 5.74) is 1.51. The molecule has 0 aliphatic carbocycles. The van der Waals surface area contributed by atoms with Crippen molar-refractivity contribution in [1.29, 1.82) is 0 Å². The quantitative estimate of drug-likeness (QED) is 0.744. The maximum Gasteiger partial charge on any atom is 0.232 e. The van der Waals surface area contributed by atoms with Crippen LogP contribution in [0.2, 0.25) is 0 Å².